The lowest BCUT2D eigenvalue weighted by Gasteiger charge is -2.28. The fourth-order valence-electron chi connectivity index (χ4n) is 4.01. The third kappa shape index (κ3) is 5.47. The number of aromatic nitrogens is 3. The summed E-state index contributed by atoms with van der Waals surface area (Å²) in [5.74, 6) is -1.43. The molecule has 2 atom stereocenters. The molecule has 1 aliphatic carbocycles. The Hall–Kier alpha value is -3.24. The van der Waals surface area contributed by atoms with E-state index >= 15 is 0 Å². The summed E-state index contributed by atoms with van der Waals surface area (Å²) in [6.45, 7) is 2.08. The van der Waals surface area contributed by atoms with Crippen molar-refractivity contribution in [1.82, 2.24) is 19.9 Å². The summed E-state index contributed by atoms with van der Waals surface area (Å²) in [5.41, 5.74) is 0.0297. The standard InChI is InChI=1S/C18H20N4O2.C2HF3O2/c23-17(16-20-9-4-10-21-16)22-11-14-5-3-7-18(14,12-22)13-24-15-6-1-2-8-19-15;3-2(4,5)1(6)7/h1-2,4,6,8-10,14H,3,5,7,11-13H2;(H,6,7)/t14-,18+;/m1./s1. The average molecular weight is 438 g/mol. The molecule has 3 heterocycles. The average Bonchev–Trinajstić information content (AvgIpc) is 3.30. The van der Waals surface area contributed by atoms with E-state index in [0.29, 0.717) is 24.9 Å². The largest absolute Gasteiger partial charge is 0.490 e. The summed E-state index contributed by atoms with van der Waals surface area (Å²) in [6.07, 6.45) is 3.29. The highest BCUT2D eigenvalue weighted by molar-refractivity contribution is 5.90. The van der Waals surface area contributed by atoms with Crippen molar-refractivity contribution in [1.29, 1.82) is 0 Å². The molecule has 1 saturated heterocycles. The van der Waals surface area contributed by atoms with Gasteiger partial charge in [-0.2, -0.15) is 13.2 Å². The van der Waals surface area contributed by atoms with Crippen molar-refractivity contribution in [2.24, 2.45) is 11.3 Å². The minimum Gasteiger partial charge on any atom is -0.477 e. The van der Waals surface area contributed by atoms with Gasteiger partial charge in [0.15, 0.2) is 0 Å². The number of carbonyl (C=O) groups excluding carboxylic acids is 1. The maximum Gasteiger partial charge on any atom is 0.490 e. The fraction of sp³-hybridized carbons (Fsp3) is 0.450. The predicted molar refractivity (Wildman–Crippen MR) is 101 cm³/mol. The summed E-state index contributed by atoms with van der Waals surface area (Å²) < 4.78 is 37.7. The van der Waals surface area contributed by atoms with Gasteiger partial charge in [0.25, 0.3) is 5.91 Å². The lowest BCUT2D eigenvalue weighted by Crippen LogP contribution is -2.36. The number of rotatable bonds is 4. The van der Waals surface area contributed by atoms with Gasteiger partial charge in [-0.15, -0.1) is 0 Å². The molecule has 0 radical (unpaired) electrons. The zero-order valence-electron chi connectivity index (χ0n) is 16.5. The molecule has 0 spiro atoms. The Morgan fingerprint density at radius 1 is 1.16 bits per heavy atom. The van der Waals surface area contributed by atoms with Crippen molar-refractivity contribution in [2.75, 3.05) is 19.7 Å². The monoisotopic (exact) mass is 438 g/mol. The second-order valence-corrected chi connectivity index (χ2v) is 7.47. The minimum atomic E-state index is -5.08. The van der Waals surface area contributed by atoms with Gasteiger partial charge in [0, 0.05) is 43.2 Å². The quantitative estimate of drug-likeness (QED) is 0.783. The summed E-state index contributed by atoms with van der Waals surface area (Å²) in [4.78, 5) is 35.8. The summed E-state index contributed by atoms with van der Waals surface area (Å²) in [6, 6.07) is 7.39. The number of carboxylic acid groups (broad SMARTS) is 1. The van der Waals surface area contributed by atoms with E-state index in [0.717, 1.165) is 19.4 Å². The number of carbonyl (C=O) groups is 2. The summed E-state index contributed by atoms with van der Waals surface area (Å²) >= 11 is 0. The molecule has 166 valence electrons. The number of hydrogen-bond acceptors (Lipinski definition) is 6. The van der Waals surface area contributed by atoms with Crippen LogP contribution in [0.3, 0.4) is 0 Å². The molecule has 0 bridgehead atoms. The molecule has 11 heteroatoms. The van der Waals surface area contributed by atoms with Crippen LogP contribution in [0, 0.1) is 11.3 Å². The zero-order valence-corrected chi connectivity index (χ0v) is 16.5. The molecule has 0 aromatic carbocycles. The van der Waals surface area contributed by atoms with E-state index in [1.165, 1.54) is 6.42 Å². The molecule has 2 fully saturated rings. The first-order chi connectivity index (χ1) is 14.7. The highest BCUT2D eigenvalue weighted by Gasteiger charge is 2.51. The molecule has 2 aromatic heterocycles. The molecule has 31 heavy (non-hydrogen) atoms. The topological polar surface area (TPSA) is 106 Å². The van der Waals surface area contributed by atoms with E-state index in [1.54, 1.807) is 24.7 Å². The SMILES string of the molecule is O=C(O)C(F)(F)F.O=C(c1ncccn1)N1C[C@H]2CCC[C@@]2(COc2ccccn2)C1. The number of nitrogens with zero attached hydrogens (tertiary/aromatic N) is 4. The number of likely N-dealkylation sites (tertiary alicyclic amines) is 1. The van der Waals surface area contributed by atoms with Gasteiger partial charge < -0.3 is 14.7 Å². The Kier molecular flexibility index (Phi) is 6.71. The Balaban J connectivity index is 0.000000339. The molecular formula is C20H21F3N4O4. The van der Waals surface area contributed by atoms with Crippen LogP contribution >= 0.6 is 0 Å². The second-order valence-electron chi connectivity index (χ2n) is 7.47. The number of pyridine rings is 1. The van der Waals surface area contributed by atoms with Crippen LogP contribution in [0.4, 0.5) is 13.2 Å². The van der Waals surface area contributed by atoms with Crippen LogP contribution in [0.1, 0.15) is 29.9 Å². The highest BCUT2D eigenvalue weighted by atomic mass is 19.4. The van der Waals surface area contributed by atoms with Crippen LogP contribution in [-0.2, 0) is 4.79 Å². The number of ether oxygens (including phenoxy) is 1. The number of alkyl halides is 3. The number of hydrogen-bond donors (Lipinski definition) is 1. The molecule has 1 N–H and O–H groups in total. The van der Waals surface area contributed by atoms with Gasteiger partial charge >= 0.3 is 12.1 Å². The van der Waals surface area contributed by atoms with Crippen LogP contribution < -0.4 is 4.74 Å². The zero-order chi connectivity index (χ0) is 22.5. The molecule has 1 amide bonds. The fourth-order valence-corrected chi connectivity index (χ4v) is 4.01. The first-order valence-corrected chi connectivity index (χ1v) is 9.61. The Morgan fingerprint density at radius 3 is 2.45 bits per heavy atom. The van der Waals surface area contributed by atoms with Gasteiger partial charge in [-0.05, 0) is 30.9 Å². The van der Waals surface area contributed by atoms with Gasteiger partial charge in [-0.25, -0.2) is 19.7 Å². The van der Waals surface area contributed by atoms with Gasteiger partial charge in [0.1, 0.15) is 0 Å². The van der Waals surface area contributed by atoms with Crippen molar-refractivity contribution in [3.8, 4) is 5.88 Å². The van der Waals surface area contributed by atoms with Crippen LogP contribution in [0.15, 0.2) is 42.9 Å². The number of carboxylic acids is 1. The highest BCUT2D eigenvalue weighted by Crippen LogP contribution is 2.49. The van der Waals surface area contributed by atoms with Crippen molar-refractivity contribution >= 4 is 11.9 Å². The number of aliphatic carboxylic acids is 1. The lowest BCUT2D eigenvalue weighted by atomic mass is 9.81. The maximum absolute atomic E-state index is 12.6. The second kappa shape index (κ2) is 9.27. The van der Waals surface area contributed by atoms with Gasteiger partial charge in [0.05, 0.1) is 6.61 Å². The van der Waals surface area contributed by atoms with E-state index in [9.17, 15) is 18.0 Å². The molecule has 0 unspecified atom stereocenters. The molecule has 8 nitrogen and oxygen atoms in total. The number of amides is 1. The van der Waals surface area contributed by atoms with Crippen molar-refractivity contribution in [2.45, 2.75) is 25.4 Å². The van der Waals surface area contributed by atoms with Crippen molar-refractivity contribution in [3.63, 3.8) is 0 Å². The first kappa shape index (κ1) is 22.4. The smallest absolute Gasteiger partial charge is 0.477 e. The molecular weight excluding hydrogens is 417 g/mol. The number of halogens is 3. The van der Waals surface area contributed by atoms with Crippen LogP contribution in [0.5, 0.6) is 5.88 Å². The van der Waals surface area contributed by atoms with Crippen LogP contribution in [0.2, 0.25) is 0 Å². The molecule has 4 rings (SSSR count). The van der Waals surface area contributed by atoms with Crippen molar-refractivity contribution in [3.05, 3.63) is 48.7 Å². The third-order valence-corrected chi connectivity index (χ3v) is 5.47. The Bertz CT molecular complexity index is 898. The van der Waals surface area contributed by atoms with E-state index in [4.69, 9.17) is 14.6 Å². The number of fused-ring (bicyclic) bond motifs is 1. The lowest BCUT2D eigenvalue weighted by molar-refractivity contribution is -0.192. The molecule has 1 saturated carbocycles. The van der Waals surface area contributed by atoms with Gasteiger partial charge in [0.2, 0.25) is 11.7 Å². The Morgan fingerprint density at radius 2 is 1.84 bits per heavy atom. The maximum atomic E-state index is 12.6. The van der Waals surface area contributed by atoms with E-state index in [2.05, 4.69) is 15.0 Å². The third-order valence-electron chi connectivity index (χ3n) is 5.47. The first-order valence-electron chi connectivity index (χ1n) is 9.61. The van der Waals surface area contributed by atoms with Gasteiger partial charge in [-0.1, -0.05) is 12.5 Å². The van der Waals surface area contributed by atoms with E-state index in [-0.39, 0.29) is 17.1 Å². The van der Waals surface area contributed by atoms with Gasteiger partial charge in [-0.3, -0.25) is 4.79 Å². The van der Waals surface area contributed by atoms with E-state index < -0.39 is 12.1 Å². The molecule has 1 aliphatic heterocycles. The van der Waals surface area contributed by atoms with E-state index in [1.807, 2.05) is 23.1 Å². The summed E-state index contributed by atoms with van der Waals surface area (Å²) in [7, 11) is 0. The van der Waals surface area contributed by atoms with Crippen molar-refractivity contribution < 1.29 is 32.6 Å². The molecule has 2 aromatic rings. The predicted octanol–water partition coefficient (Wildman–Crippen LogP) is 2.83. The Labute approximate surface area is 176 Å². The normalized spacial score (nSPS) is 22.3. The van der Waals surface area contributed by atoms with Crippen LogP contribution in [-0.4, -0.2) is 62.7 Å². The molecule has 2 aliphatic rings. The summed E-state index contributed by atoms with van der Waals surface area (Å²) in [5, 5.41) is 7.12. The minimum absolute atomic E-state index is 0.0297. The van der Waals surface area contributed by atoms with Crippen LogP contribution in [0.25, 0.3) is 0 Å².